The first-order chi connectivity index (χ1) is 24.9. The summed E-state index contributed by atoms with van der Waals surface area (Å²) in [6.07, 6.45) is -2.79. The van der Waals surface area contributed by atoms with Gasteiger partial charge in [-0.05, 0) is 57.2 Å². The minimum Gasteiger partial charge on any atom is -0.445 e. The summed E-state index contributed by atoms with van der Waals surface area (Å²) in [5, 5.41) is 8.02. The lowest BCUT2D eigenvalue weighted by molar-refractivity contribution is -0.142. The molecule has 15 heteroatoms. The number of likely N-dealkylation sites (N-methyl/N-ethyl adjacent to an activating group) is 1. The van der Waals surface area contributed by atoms with Crippen molar-refractivity contribution in [1.82, 2.24) is 25.3 Å². The summed E-state index contributed by atoms with van der Waals surface area (Å²) in [6, 6.07) is 14.5. The molecule has 4 rings (SSSR count). The monoisotopic (exact) mass is 736 g/mol. The molecular weight excluding hydrogens is 684 g/mol. The molecule has 6 amide bonds. The topological polar surface area (TPSA) is 176 Å². The lowest BCUT2D eigenvalue weighted by Crippen LogP contribution is -2.60. The van der Waals surface area contributed by atoms with Crippen LogP contribution in [0, 0.1) is 5.41 Å². The summed E-state index contributed by atoms with van der Waals surface area (Å²) in [5.74, 6) is -1.44. The highest BCUT2D eigenvalue weighted by atomic mass is 16.6. The molecule has 0 saturated carbocycles. The first-order valence-electron chi connectivity index (χ1n) is 17.7. The molecule has 2 aliphatic heterocycles. The number of amides is 6. The smallest absolute Gasteiger partial charge is 0.412 e. The van der Waals surface area contributed by atoms with Gasteiger partial charge < -0.3 is 34.6 Å². The first-order valence-corrected chi connectivity index (χ1v) is 17.7. The summed E-state index contributed by atoms with van der Waals surface area (Å²) in [6.45, 7) is 11.9. The number of fused-ring (bicyclic) bond motifs is 1. The molecule has 15 nitrogen and oxygen atoms in total. The number of nitrogens with one attached hydrogen (secondary N) is 3. The van der Waals surface area contributed by atoms with E-state index >= 15 is 0 Å². The van der Waals surface area contributed by atoms with Gasteiger partial charge in [-0.1, -0.05) is 69.3 Å². The fourth-order valence-corrected chi connectivity index (χ4v) is 6.28. The Morgan fingerprint density at radius 2 is 1.51 bits per heavy atom. The van der Waals surface area contributed by atoms with Crippen LogP contribution in [0.5, 0.6) is 0 Å². The molecule has 5 atom stereocenters. The maximum atomic E-state index is 14.5. The number of hydrogen-bond acceptors (Lipinski definition) is 9. The van der Waals surface area contributed by atoms with Crippen molar-refractivity contribution in [2.24, 2.45) is 5.41 Å². The lowest BCUT2D eigenvalue weighted by atomic mass is 9.85. The zero-order valence-electron chi connectivity index (χ0n) is 31.7. The molecular formula is C38H52N6O9. The Labute approximate surface area is 310 Å². The van der Waals surface area contributed by atoms with Gasteiger partial charge in [0.25, 0.3) is 0 Å². The molecule has 3 N–H and O–H groups in total. The Morgan fingerprint density at radius 1 is 0.887 bits per heavy atom. The normalized spacial score (nSPS) is 19.3. The van der Waals surface area contributed by atoms with Gasteiger partial charge in [0.15, 0.2) is 0 Å². The van der Waals surface area contributed by atoms with E-state index in [1.807, 2.05) is 30.3 Å². The molecule has 1 unspecified atom stereocenters. The zero-order chi connectivity index (χ0) is 39.1. The average molecular weight is 737 g/mol. The van der Waals surface area contributed by atoms with Crippen molar-refractivity contribution in [2.45, 2.75) is 97.4 Å². The van der Waals surface area contributed by atoms with Crippen molar-refractivity contribution >= 4 is 41.7 Å². The molecule has 0 aromatic heterocycles. The second-order valence-electron chi connectivity index (χ2n) is 15.3. The van der Waals surface area contributed by atoms with Crippen LogP contribution in [0.15, 0.2) is 60.7 Å². The van der Waals surface area contributed by atoms with Crippen molar-refractivity contribution < 1.29 is 43.0 Å². The summed E-state index contributed by atoms with van der Waals surface area (Å²) in [7, 11) is 1.45. The molecule has 2 fully saturated rings. The van der Waals surface area contributed by atoms with Crippen molar-refractivity contribution in [3.05, 3.63) is 66.2 Å². The highest BCUT2D eigenvalue weighted by Gasteiger charge is 2.55. The third kappa shape index (κ3) is 10.8. The molecule has 2 heterocycles. The third-order valence-corrected chi connectivity index (χ3v) is 9.10. The molecule has 2 aromatic carbocycles. The van der Waals surface area contributed by atoms with Gasteiger partial charge in [0.05, 0.1) is 18.6 Å². The Kier molecular flexibility index (Phi) is 13.0. The SMILES string of the molecule is C[C@@H](C(=O)NC(C(=O)N1CC[C@@H]2[C@H]1[C@@H](OC(=O)Nc1ccccc1)CN2C(=O)CNC(=O)OC(C)(C)C)C(C)(C)C)N(C)C(=O)OCc1ccccc1. The van der Waals surface area contributed by atoms with Crippen LogP contribution in [0.2, 0.25) is 0 Å². The van der Waals surface area contributed by atoms with Crippen molar-refractivity contribution in [3.63, 3.8) is 0 Å². The molecule has 0 bridgehead atoms. The average Bonchev–Trinajstić information content (AvgIpc) is 3.68. The molecule has 2 aromatic rings. The van der Waals surface area contributed by atoms with Gasteiger partial charge >= 0.3 is 18.3 Å². The van der Waals surface area contributed by atoms with Gasteiger partial charge in [0.2, 0.25) is 17.7 Å². The van der Waals surface area contributed by atoms with Gasteiger partial charge in [-0.25, -0.2) is 14.4 Å². The highest BCUT2D eigenvalue weighted by molar-refractivity contribution is 5.92. The zero-order valence-corrected chi connectivity index (χ0v) is 31.7. The van der Waals surface area contributed by atoms with E-state index in [9.17, 15) is 28.8 Å². The van der Waals surface area contributed by atoms with Gasteiger partial charge in [-0.3, -0.25) is 24.6 Å². The second-order valence-corrected chi connectivity index (χ2v) is 15.3. The van der Waals surface area contributed by atoms with Crippen molar-refractivity contribution in [3.8, 4) is 0 Å². The van der Waals surface area contributed by atoms with E-state index in [0.29, 0.717) is 12.1 Å². The van der Waals surface area contributed by atoms with Crippen LogP contribution in [0.3, 0.4) is 0 Å². The van der Waals surface area contributed by atoms with Gasteiger partial charge in [-0.15, -0.1) is 0 Å². The predicted molar refractivity (Wildman–Crippen MR) is 195 cm³/mol. The van der Waals surface area contributed by atoms with E-state index in [-0.39, 0.29) is 26.2 Å². The van der Waals surface area contributed by atoms with E-state index in [2.05, 4.69) is 16.0 Å². The number of likely N-dealkylation sites (tertiary alicyclic amines) is 2. The van der Waals surface area contributed by atoms with Crippen molar-refractivity contribution in [2.75, 3.05) is 32.0 Å². The van der Waals surface area contributed by atoms with E-state index in [1.165, 1.54) is 18.9 Å². The summed E-state index contributed by atoms with van der Waals surface area (Å²) in [5.41, 5.74) is -0.260. The molecule has 0 spiro atoms. The van der Waals surface area contributed by atoms with Crippen molar-refractivity contribution in [1.29, 1.82) is 0 Å². The predicted octanol–water partition coefficient (Wildman–Crippen LogP) is 4.13. The minimum absolute atomic E-state index is 0.0299. The maximum absolute atomic E-state index is 14.5. The van der Waals surface area contributed by atoms with E-state index in [1.54, 1.807) is 76.8 Å². The Morgan fingerprint density at radius 3 is 2.11 bits per heavy atom. The molecule has 2 aliphatic rings. The molecule has 288 valence electrons. The van der Waals surface area contributed by atoms with Gasteiger partial charge in [-0.2, -0.15) is 0 Å². The standard InChI is InChI=1S/C38H52N6O9/c1-24(42(8)36(50)51-23-25-15-11-9-12-16-25)32(46)41-31(37(2,3)4)33(47)43-20-19-27-30(43)28(52-35(49)40-26-17-13-10-14-18-26)22-44(27)29(45)21-39-34(48)53-38(5,6)7/h9-18,24,27-28,30-31H,19-23H2,1-8H3,(H,39,48)(H,40,49)(H,41,46)/t24-,27+,28-,30-,31?/m0/s1. The van der Waals surface area contributed by atoms with Crippen LogP contribution in [-0.2, 0) is 35.2 Å². The number of carbonyl (C=O) groups is 6. The number of rotatable bonds is 10. The minimum atomic E-state index is -1.05. The number of nitrogens with zero attached hydrogens (tertiary/aromatic N) is 3. The Hall–Kier alpha value is -5.34. The summed E-state index contributed by atoms with van der Waals surface area (Å²) >= 11 is 0. The number of para-hydroxylation sites is 1. The fraction of sp³-hybridized carbons (Fsp3) is 0.526. The summed E-state index contributed by atoms with van der Waals surface area (Å²) in [4.78, 5) is 84.1. The number of anilines is 1. The van der Waals surface area contributed by atoms with Crippen LogP contribution in [0.4, 0.5) is 20.1 Å². The molecule has 0 radical (unpaired) electrons. The van der Waals surface area contributed by atoms with Gasteiger partial charge in [0.1, 0.15) is 36.9 Å². The van der Waals surface area contributed by atoms with E-state index in [0.717, 1.165) is 10.5 Å². The lowest BCUT2D eigenvalue weighted by Gasteiger charge is -2.37. The number of carbonyl (C=O) groups excluding carboxylic acids is 6. The largest absolute Gasteiger partial charge is 0.445 e. The van der Waals surface area contributed by atoms with Gasteiger partial charge in [0, 0.05) is 19.3 Å². The number of ether oxygens (including phenoxy) is 3. The molecule has 53 heavy (non-hydrogen) atoms. The maximum Gasteiger partial charge on any atom is 0.412 e. The van der Waals surface area contributed by atoms with Crippen LogP contribution in [0.1, 0.15) is 60.5 Å². The van der Waals surface area contributed by atoms with E-state index < -0.39 is 77.3 Å². The quantitative estimate of drug-likeness (QED) is 0.303. The van der Waals surface area contributed by atoms with Crippen LogP contribution in [-0.4, -0.2) is 113 Å². The van der Waals surface area contributed by atoms with Crippen LogP contribution >= 0.6 is 0 Å². The summed E-state index contributed by atoms with van der Waals surface area (Å²) < 4.78 is 16.5. The Bertz CT molecular complexity index is 1630. The van der Waals surface area contributed by atoms with Crippen LogP contribution < -0.4 is 16.0 Å². The second kappa shape index (κ2) is 17.0. The van der Waals surface area contributed by atoms with Crippen LogP contribution in [0.25, 0.3) is 0 Å². The van der Waals surface area contributed by atoms with E-state index in [4.69, 9.17) is 14.2 Å². The highest BCUT2D eigenvalue weighted by Crippen LogP contribution is 2.36. The number of benzene rings is 2. The third-order valence-electron chi connectivity index (χ3n) is 9.10. The first kappa shape index (κ1) is 40.4. The number of hydrogen-bond donors (Lipinski definition) is 3. The molecule has 2 saturated heterocycles. The Balaban J connectivity index is 1.50. The fourth-order valence-electron chi connectivity index (χ4n) is 6.28. The molecule has 0 aliphatic carbocycles. The number of alkyl carbamates (subject to hydrolysis) is 1.